The Morgan fingerprint density at radius 2 is 1.96 bits per heavy atom. The van der Waals surface area contributed by atoms with Crippen LogP contribution in [0.15, 0.2) is 53.9 Å². The first-order valence-corrected chi connectivity index (χ1v) is 7.92. The number of para-hydroxylation sites is 2. The van der Waals surface area contributed by atoms with Gasteiger partial charge < -0.3 is 9.84 Å². The number of phenolic OH excluding ortho intramolecular Hbond substituents is 1. The third kappa shape index (κ3) is 3.88. The van der Waals surface area contributed by atoms with Gasteiger partial charge >= 0.3 is 0 Å². The second-order valence-corrected chi connectivity index (χ2v) is 5.71. The number of carbonyl (C=O) groups excluding carboxylic acids is 1. The fraction of sp³-hybridized carbons (Fsp3) is 0.0588. The van der Waals surface area contributed by atoms with E-state index in [-0.39, 0.29) is 23.9 Å². The molecule has 0 saturated heterocycles. The summed E-state index contributed by atoms with van der Waals surface area (Å²) < 4.78 is 18.2. The molecule has 24 heavy (non-hydrogen) atoms. The number of benzene rings is 2. The molecule has 0 bridgehead atoms. The lowest BCUT2D eigenvalue weighted by atomic mass is 10.2. The van der Waals surface area contributed by atoms with Crippen LogP contribution in [-0.4, -0.2) is 22.6 Å². The van der Waals surface area contributed by atoms with E-state index < -0.39 is 5.91 Å². The maximum absolute atomic E-state index is 12.9. The van der Waals surface area contributed by atoms with Gasteiger partial charge in [-0.1, -0.05) is 12.1 Å². The van der Waals surface area contributed by atoms with Gasteiger partial charge in [-0.2, -0.15) is 0 Å². The number of halogens is 1. The van der Waals surface area contributed by atoms with Gasteiger partial charge in [0.05, 0.1) is 5.69 Å². The van der Waals surface area contributed by atoms with Crippen molar-refractivity contribution in [1.29, 1.82) is 0 Å². The quantitative estimate of drug-likeness (QED) is 0.741. The molecule has 0 atom stereocenters. The Morgan fingerprint density at radius 1 is 1.21 bits per heavy atom. The molecule has 0 unspecified atom stereocenters. The summed E-state index contributed by atoms with van der Waals surface area (Å²) in [6, 6.07) is 12.4. The highest BCUT2D eigenvalue weighted by molar-refractivity contribution is 7.14. The summed E-state index contributed by atoms with van der Waals surface area (Å²) in [4.78, 5) is 16.2. The Bertz CT molecular complexity index is 849. The van der Waals surface area contributed by atoms with Gasteiger partial charge in [0, 0.05) is 10.9 Å². The number of nitrogens with one attached hydrogen (secondary N) is 1. The van der Waals surface area contributed by atoms with Crippen LogP contribution in [0.5, 0.6) is 11.5 Å². The first-order valence-electron chi connectivity index (χ1n) is 7.04. The van der Waals surface area contributed by atoms with Crippen molar-refractivity contribution in [1.82, 2.24) is 4.98 Å². The summed E-state index contributed by atoms with van der Waals surface area (Å²) in [5, 5.41) is 14.4. The highest BCUT2D eigenvalue weighted by Crippen LogP contribution is 2.26. The minimum Gasteiger partial charge on any atom is -0.504 e. The smallest absolute Gasteiger partial charge is 0.264 e. The minimum absolute atomic E-state index is 0.0295. The molecule has 1 amide bonds. The Morgan fingerprint density at radius 3 is 2.71 bits per heavy atom. The standard InChI is InChI=1S/C17H13FN2O3S/c18-12-7-5-11(6-8-12)13-10-24-17(19-13)20-16(22)9-23-15-4-2-1-3-14(15)21/h1-8,10,21H,9H2,(H,19,20,22). The van der Waals surface area contributed by atoms with Crippen LogP contribution in [0.4, 0.5) is 9.52 Å². The van der Waals surface area contributed by atoms with Crippen molar-refractivity contribution in [3.63, 3.8) is 0 Å². The Balaban J connectivity index is 1.59. The molecule has 0 aliphatic heterocycles. The molecular formula is C17H13FN2O3S. The predicted octanol–water partition coefficient (Wildman–Crippen LogP) is 3.67. The Kier molecular flexibility index (Phi) is 4.72. The van der Waals surface area contributed by atoms with E-state index in [0.717, 1.165) is 5.56 Å². The highest BCUT2D eigenvalue weighted by Gasteiger charge is 2.10. The Hall–Kier alpha value is -2.93. The fourth-order valence-electron chi connectivity index (χ4n) is 1.96. The van der Waals surface area contributed by atoms with E-state index in [1.807, 2.05) is 0 Å². The number of carbonyl (C=O) groups is 1. The first kappa shape index (κ1) is 15.9. The third-order valence-corrected chi connectivity index (χ3v) is 3.87. The summed E-state index contributed by atoms with van der Waals surface area (Å²) in [6.45, 7) is -0.247. The van der Waals surface area contributed by atoms with Crippen LogP contribution in [0.3, 0.4) is 0 Å². The van der Waals surface area contributed by atoms with E-state index in [1.165, 1.54) is 29.5 Å². The maximum atomic E-state index is 12.9. The topological polar surface area (TPSA) is 71.5 Å². The third-order valence-electron chi connectivity index (χ3n) is 3.11. The van der Waals surface area contributed by atoms with Crippen LogP contribution in [0, 0.1) is 5.82 Å². The average Bonchev–Trinajstić information content (AvgIpc) is 3.03. The van der Waals surface area contributed by atoms with Gasteiger partial charge in [-0.25, -0.2) is 9.37 Å². The molecule has 5 nitrogen and oxygen atoms in total. The highest BCUT2D eigenvalue weighted by atomic mass is 32.1. The number of aromatic nitrogens is 1. The number of rotatable bonds is 5. The van der Waals surface area contributed by atoms with E-state index in [9.17, 15) is 14.3 Å². The summed E-state index contributed by atoms with van der Waals surface area (Å²) in [5.41, 5.74) is 1.41. The molecule has 7 heteroatoms. The number of hydrogen-bond acceptors (Lipinski definition) is 5. The molecule has 3 aromatic rings. The fourth-order valence-corrected chi connectivity index (χ4v) is 2.70. The van der Waals surface area contributed by atoms with Gasteiger partial charge in [0.1, 0.15) is 5.82 Å². The van der Waals surface area contributed by atoms with Crippen LogP contribution >= 0.6 is 11.3 Å². The summed E-state index contributed by atoms with van der Waals surface area (Å²) in [6.07, 6.45) is 0. The molecule has 122 valence electrons. The van der Waals surface area contributed by atoms with Gasteiger partial charge in [0.2, 0.25) is 0 Å². The maximum Gasteiger partial charge on any atom is 0.264 e. The van der Waals surface area contributed by atoms with Gasteiger partial charge in [-0.05, 0) is 36.4 Å². The van der Waals surface area contributed by atoms with E-state index in [4.69, 9.17) is 4.74 Å². The van der Waals surface area contributed by atoms with Crippen LogP contribution in [0.2, 0.25) is 0 Å². The lowest BCUT2D eigenvalue weighted by molar-refractivity contribution is -0.118. The van der Waals surface area contributed by atoms with Crippen molar-refractivity contribution in [3.05, 3.63) is 59.7 Å². The van der Waals surface area contributed by atoms with Crippen molar-refractivity contribution in [2.24, 2.45) is 0 Å². The number of ether oxygens (including phenoxy) is 1. The van der Waals surface area contributed by atoms with Crippen LogP contribution in [-0.2, 0) is 4.79 Å². The first-order chi connectivity index (χ1) is 11.6. The lowest BCUT2D eigenvalue weighted by Crippen LogP contribution is -2.20. The Labute approximate surface area is 141 Å². The van der Waals surface area contributed by atoms with Gasteiger partial charge in [-0.15, -0.1) is 11.3 Å². The van der Waals surface area contributed by atoms with Crippen molar-refractivity contribution in [2.75, 3.05) is 11.9 Å². The molecule has 0 saturated carbocycles. The summed E-state index contributed by atoms with van der Waals surface area (Å²) >= 11 is 1.26. The van der Waals surface area contributed by atoms with Crippen molar-refractivity contribution in [3.8, 4) is 22.8 Å². The zero-order valence-electron chi connectivity index (χ0n) is 12.4. The minimum atomic E-state index is -0.391. The van der Waals surface area contributed by atoms with E-state index in [0.29, 0.717) is 10.8 Å². The van der Waals surface area contributed by atoms with Crippen LogP contribution < -0.4 is 10.1 Å². The largest absolute Gasteiger partial charge is 0.504 e. The van der Waals surface area contributed by atoms with Gasteiger partial charge in [0.15, 0.2) is 23.2 Å². The molecule has 0 aliphatic rings. The normalized spacial score (nSPS) is 10.4. The van der Waals surface area contributed by atoms with E-state index >= 15 is 0 Å². The van der Waals surface area contributed by atoms with Crippen LogP contribution in [0.1, 0.15) is 0 Å². The SMILES string of the molecule is O=C(COc1ccccc1O)Nc1nc(-c2ccc(F)cc2)cs1. The molecule has 0 radical (unpaired) electrons. The number of thiazole rings is 1. The lowest BCUT2D eigenvalue weighted by Gasteiger charge is -2.07. The molecule has 2 aromatic carbocycles. The van der Waals surface area contributed by atoms with Crippen molar-refractivity contribution >= 4 is 22.4 Å². The molecule has 3 rings (SSSR count). The summed E-state index contributed by atoms with van der Waals surface area (Å²) in [5.74, 6) is -0.501. The van der Waals surface area contributed by atoms with Gasteiger partial charge in [-0.3, -0.25) is 10.1 Å². The predicted molar refractivity (Wildman–Crippen MR) is 89.7 cm³/mol. The molecule has 2 N–H and O–H groups in total. The number of nitrogens with zero attached hydrogens (tertiary/aromatic N) is 1. The average molecular weight is 344 g/mol. The summed E-state index contributed by atoms with van der Waals surface area (Å²) in [7, 11) is 0. The second kappa shape index (κ2) is 7.10. The number of amides is 1. The number of phenols is 1. The molecule has 1 aromatic heterocycles. The van der Waals surface area contributed by atoms with Crippen LogP contribution in [0.25, 0.3) is 11.3 Å². The van der Waals surface area contributed by atoms with Crippen molar-refractivity contribution in [2.45, 2.75) is 0 Å². The molecule has 1 heterocycles. The van der Waals surface area contributed by atoms with E-state index in [2.05, 4.69) is 10.3 Å². The molecule has 0 spiro atoms. The zero-order valence-corrected chi connectivity index (χ0v) is 13.2. The molecule has 0 fully saturated rings. The van der Waals surface area contributed by atoms with E-state index in [1.54, 1.807) is 35.7 Å². The monoisotopic (exact) mass is 344 g/mol. The van der Waals surface area contributed by atoms with Gasteiger partial charge in [0.25, 0.3) is 5.91 Å². The zero-order chi connectivity index (χ0) is 16.9. The number of anilines is 1. The number of hydrogen-bond donors (Lipinski definition) is 2. The number of aromatic hydroxyl groups is 1. The van der Waals surface area contributed by atoms with Crippen molar-refractivity contribution < 1.29 is 19.0 Å². The second-order valence-electron chi connectivity index (χ2n) is 4.85. The molecule has 0 aliphatic carbocycles. The molecular weight excluding hydrogens is 331 g/mol.